The lowest BCUT2D eigenvalue weighted by Gasteiger charge is -2.17. The summed E-state index contributed by atoms with van der Waals surface area (Å²) in [6, 6.07) is 7.45. The van der Waals surface area contributed by atoms with Crippen LogP contribution in [0.5, 0.6) is 5.75 Å². The molecule has 3 N–H and O–H groups in total. The molecule has 3 rings (SSSR count). The first kappa shape index (κ1) is 18.7. The van der Waals surface area contributed by atoms with Crippen molar-refractivity contribution in [2.45, 2.75) is 48.8 Å². The normalized spacial score (nSPS) is 16.0. The smallest absolute Gasteiger partial charge is 0.271 e. The largest absolute Gasteiger partial charge is 0.507 e. The molecule has 1 fully saturated rings. The molecule has 0 bridgehead atoms. The summed E-state index contributed by atoms with van der Waals surface area (Å²) < 4.78 is 27.0. The number of nitrogens with one attached hydrogen (secondary N) is 2. The van der Waals surface area contributed by atoms with Crippen LogP contribution in [-0.2, 0) is 10.0 Å². The minimum Gasteiger partial charge on any atom is -0.507 e. The lowest BCUT2D eigenvalue weighted by atomic mass is 10.1. The highest BCUT2D eigenvalue weighted by Gasteiger charge is 2.20. The van der Waals surface area contributed by atoms with E-state index in [-0.39, 0.29) is 33.2 Å². The molecule has 2 aromatic rings. The van der Waals surface area contributed by atoms with E-state index in [0.717, 1.165) is 37.0 Å². The predicted molar refractivity (Wildman–Crippen MR) is 102 cm³/mol. The molecular formula is C18H22N2O4S2. The number of carbonyl (C=O) groups is 1. The fourth-order valence-electron chi connectivity index (χ4n) is 3.10. The Labute approximate surface area is 157 Å². The average molecular weight is 395 g/mol. The monoisotopic (exact) mass is 394 g/mol. The standard InChI is InChI=1S/C18H22N2O4S2/c21-16-12-14(20-26(23,24)17-8-5-11-25-17)9-10-15(16)18(22)19-13-6-3-1-2-4-7-13/h5,8-13,20-21H,1-4,6-7H2,(H,19,22). The SMILES string of the molecule is O=C(NC1CCCCCC1)c1ccc(NS(=O)(=O)c2cccs2)cc1O. The summed E-state index contributed by atoms with van der Waals surface area (Å²) in [7, 11) is -3.69. The van der Waals surface area contributed by atoms with Crippen molar-refractivity contribution in [1.29, 1.82) is 0 Å². The van der Waals surface area contributed by atoms with Crippen molar-refractivity contribution in [3.05, 3.63) is 41.3 Å². The number of aromatic hydroxyl groups is 1. The Morgan fingerprint density at radius 2 is 1.85 bits per heavy atom. The molecule has 140 valence electrons. The fraction of sp³-hybridized carbons (Fsp3) is 0.389. The average Bonchev–Trinajstić information content (AvgIpc) is 3.02. The molecule has 0 spiro atoms. The fourth-order valence-corrected chi connectivity index (χ4v) is 5.14. The lowest BCUT2D eigenvalue weighted by molar-refractivity contribution is 0.0930. The molecule has 0 unspecified atom stereocenters. The van der Waals surface area contributed by atoms with E-state index in [1.54, 1.807) is 11.4 Å². The Kier molecular flexibility index (Phi) is 5.83. The molecule has 0 aliphatic heterocycles. The summed E-state index contributed by atoms with van der Waals surface area (Å²) in [5, 5.41) is 14.8. The van der Waals surface area contributed by atoms with Gasteiger partial charge in [0.25, 0.3) is 15.9 Å². The number of carbonyl (C=O) groups excluding carboxylic acids is 1. The van der Waals surface area contributed by atoms with E-state index in [0.29, 0.717) is 0 Å². The lowest BCUT2D eigenvalue weighted by Crippen LogP contribution is -2.34. The molecule has 0 radical (unpaired) electrons. The van der Waals surface area contributed by atoms with Crippen LogP contribution >= 0.6 is 11.3 Å². The Hall–Kier alpha value is -2.06. The molecule has 1 saturated carbocycles. The van der Waals surface area contributed by atoms with Gasteiger partial charge in [-0.15, -0.1) is 11.3 Å². The van der Waals surface area contributed by atoms with Gasteiger partial charge in [0, 0.05) is 12.1 Å². The first-order valence-corrected chi connectivity index (χ1v) is 11.0. The van der Waals surface area contributed by atoms with Crippen molar-refractivity contribution in [3.8, 4) is 5.75 Å². The molecule has 6 nitrogen and oxygen atoms in total. The van der Waals surface area contributed by atoms with Gasteiger partial charge in [-0.3, -0.25) is 9.52 Å². The van der Waals surface area contributed by atoms with Gasteiger partial charge in [-0.25, -0.2) is 8.42 Å². The second-order valence-corrected chi connectivity index (χ2v) is 9.29. The molecule has 1 aromatic heterocycles. The van der Waals surface area contributed by atoms with E-state index in [9.17, 15) is 18.3 Å². The topological polar surface area (TPSA) is 95.5 Å². The maximum atomic E-state index is 12.4. The molecule has 0 saturated heterocycles. The van der Waals surface area contributed by atoms with Gasteiger partial charge in [0.15, 0.2) is 0 Å². The van der Waals surface area contributed by atoms with E-state index in [4.69, 9.17) is 0 Å². The third-order valence-corrected chi connectivity index (χ3v) is 7.22. The highest BCUT2D eigenvalue weighted by atomic mass is 32.2. The van der Waals surface area contributed by atoms with Crippen LogP contribution in [0.4, 0.5) is 5.69 Å². The summed E-state index contributed by atoms with van der Waals surface area (Å²) in [4.78, 5) is 12.4. The molecule has 1 heterocycles. The van der Waals surface area contributed by atoms with Gasteiger partial charge in [0.1, 0.15) is 9.96 Å². The van der Waals surface area contributed by atoms with Crippen LogP contribution in [0.3, 0.4) is 0 Å². The van der Waals surface area contributed by atoms with Crippen LogP contribution in [0.25, 0.3) is 0 Å². The number of benzene rings is 1. The second-order valence-electron chi connectivity index (χ2n) is 6.43. The Morgan fingerprint density at radius 3 is 2.46 bits per heavy atom. The maximum Gasteiger partial charge on any atom is 0.271 e. The van der Waals surface area contributed by atoms with Gasteiger partial charge in [-0.05, 0) is 36.4 Å². The zero-order valence-electron chi connectivity index (χ0n) is 14.3. The summed E-state index contributed by atoms with van der Waals surface area (Å²) in [6.07, 6.45) is 6.48. The van der Waals surface area contributed by atoms with Crippen LogP contribution < -0.4 is 10.0 Å². The summed E-state index contributed by atoms with van der Waals surface area (Å²) >= 11 is 1.11. The van der Waals surface area contributed by atoms with Crippen molar-refractivity contribution in [1.82, 2.24) is 5.32 Å². The minimum absolute atomic E-state index is 0.126. The van der Waals surface area contributed by atoms with Crippen molar-refractivity contribution in [3.63, 3.8) is 0 Å². The van der Waals surface area contributed by atoms with Gasteiger partial charge >= 0.3 is 0 Å². The highest BCUT2D eigenvalue weighted by Crippen LogP contribution is 2.26. The van der Waals surface area contributed by atoms with Crippen LogP contribution in [0, 0.1) is 0 Å². The van der Waals surface area contributed by atoms with E-state index >= 15 is 0 Å². The van der Waals surface area contributed by atoms with Crippen LogP contribution in [0.2, 0.25) is 0 Å². The zero-order valence-corrected chi connectivity index (χ0v) is 15.9. The van der Waals surface area contributed by atoms with Crippen LogP contribution in [-0.4, -0.2) is 25.5 Å². The highest BCUT2D eigenvalue weighted by molar-refractivity contribution is 7.94. The molecule has 26 heavy (non-hydrogen) atoms. The van der Waals surface area contributed by atoms with Gasteiger partial charge in [0.05, 0.1) is 11.3 Å². The predicted octanol–water partition coefficient (Wildman–Crippen LogP) is 3.71. The quantitative estimate of drug-likeness (QED) is 0.674. The number of hydrogen-bond donors (Lipinski definition) is 3. The Bertz CT molecular complexity index is 855. The Balaban J connectivity index is 1.70. The molecular weight excluding hydrogens is 372 g/mol. The molecule has 0 atom stereocenters. The number of anilines is 1. The number of sulfonamides is 1. The summed E-state index contributed by atoms with van der Waals surface area (Å²) in [5.74, 6) is -0.579. The minimum atomic E-state index is -3.69. The van der Waals surface area contributed by atoms with Crippen molar-refractivity contribution < 1.29 is 18.3 Å². The maximum absolute atomic E-state index is 12.4. The number of rotatable bonds is 5. The third kappa shape index (κ3) is 4.56. The molecule has 1 amide bonds. The van der Waals surface area contributed by atoms with Crippen molar-refractivity contribution >= 4 is 33.0 Å². The molecule has 1 aromatic carbocycles. The van der Waals surface area contributed by atoms with E-state index < -0.39 is 10.0 Å². The number of phenols is 1. The molecule has 1 aliphatic carbocycles. The first-order chi connectivity index (χ1) is 12.5. The van der Waals surface area contributed by atoms with E-state index in [1.807, 2.05) is 0 Å². The van der Waals surface area contributed by atoms with Gasteiger partial charge < -0.3 is 10.4 Å². The summed E-state index contributed by atoms with van der Waals surface area (Å²) in [5.41, 5.74) is 0.357. The van der Waals surface area contributed by atoms with Gasteiger partial charge in [-0.2, -0.15) is 0 Å². The van der Waals surface area contributed by atoms with Gasteiger partial charge in [0.2, 0.25) is 0 Å². The number of thiophene rings is 1. The van der Waals surface area contributed by atoms with E-state index in [2.05, 4.69) is 10.0 Å². The zero-order chi connectivity index (χ0) is 18.6. The van der Waals surface area contributed by atoms with Crippen LogP contribution in [0.15, 0.2) is 39.9 Å². The van der Waals surface area contributed by atoms with E-state index in [1.165, 1.54) is 37.1 Å². The number of amides is 1. The summed E-state index contributed by atoms with van der Waals surface area (Å²) in [6.45, 7) is 0. The molecule has 8 heteroatoms. The Morgan fingerprint density at radius 1 is 1.12 bits per heavy atom. The van der Waals surface area contributed by atoms with Crippen molar-refractivity contribution in [2.75, 3.05) is 4.72 Å². The molecule has 1 aliphatic rings. The third-order valence-electron chi connectivity index (χ3n) is 4.44. The number of phenolic OH excluding ortho intramolecular Hbond substituents is 1. The number of hydrogen-bond acceptors (Lipinski definition) is 5. The van der Waals surface area contributed by atoms with Crippen molar-refractivity contribution in [2.24, 2.45) is 0 Å². The second kappa shape index (κ2) is 8.09. The first-order valence-electron chi connectivity index (χ1n) is 8.66. The van der Waals surface area contributed by atoms with Crippen LogP contribution in [0.1, 0.15) is 48.9 Å². The van der Waals surface area contributed by atoms with Gasteiger partial charge in [-0.1, -0.05) is 31.7 Å².